The second-order valence-corrected chi connectivity index (χ2v) is 4.83. The average molecular weight is 332 g/mol. The molecule has 3 rings (SSSR count). The average Bonchev–Trinajstić information content (AvgIpc) is 2.57. The molecule has 0 radical (unpaired) electrons. The molecule has 1 fully saturated rings. The number of anilines is 1. The summed E-state index contributed by atoms with van der Waals surface area (Å²) in [6.07, 6.45) is 1.47. The van der Waals surface area contributed by atoms with Gasteiger partial charge >= 0.3 is 12.0 Å². The largest absolute Gasteiger partial charge is 0.479 e. The van der Waals surface area contributed by atoms with E-state index in [0.29, 0.717) is 0 Å². The SMILES string of the molecule is COc1nc(Oc2ccccc2F)ncc1N1CCC(=O)NC1=O. The van der Waals surface area contributed by atoms with Gasteiger partial charge in [0, 0.05) is 13.0 Å². The van der Waals surface area contributed by atoms with Crippen molar-refractivity contribution in [3.63, 3.8) is 0 Å². The third kappa shape index (κ3) is 3.09. The maximum Gasteiger partial charge on any atom is 0.328 e. The second kappa shape index (κ2) is 6.49. The molecule has 2 aromatic rings. The molecule has 8 nitrogen and oxygen atoms in total. The van der Waals surface area contributed by atoms with Crippen LogP contribution in [0.15, 0.2) is 30.5 Å². The van der Waals surface area contributed by atoms with Gasteiger partial charge in [-0.3, -0.25) is 15.0 Å². The number of aromatic nitrogens is 2. The Hall–Kier alpha value is -3.23. The number of rotatable bonds is 4. The van der Waals surface area contributed by atoms with E-state index in [1.54, 1.807) is 6.07 Å². The molecule has 0 unspecified atom stereocenters. The molecule has 0 atom stereocenters. The van der Waals surface area contributed by atoms with Gasteiger partial charge in [0.25, 0.3) is 0 Å². The van der Waals surface area contributed by atoms with Crippen molar-refractivity contribution in [2.45, 2.75) is 6.42 Å². The van der Waals surface area contributed by atoms with Crippen molar-refractivity contribution in [1.82, 2.24) is 15.3 Å². The number of carbonyl (C=O) groups excluding carboxylic acids is 2. The molecule has 2 heterocycles. The summed E-state index contributed by atoms with van der Waals surface area (Å²) in [5.41, 5.74) is 0.281. The number of hydrogen-bond donors (Lipinski definition) is 1. The van der Waals surface area contributed by atoms with Gasteiger partial charge < -0.3 is 9.47 Å². The highest BCUT2D eigenvalue weighted by Gasteiger charge is 2.27. The first-order chi connectivity index (χ1) is 11.6. The summed E-state index contributed by atoms with van der Waals surface area (Å²) in [6, 6.07) is 5.10. The lowest BCUT2D eigenvalue weighted by Gasteiger charge is -2.26. The Balaban J connectivity index is 1.87. The number of halogens is 1. The fourth-order valence-electron chi connectivity index (χ4n) is 2.15. The minimum Gasteiger partial charge on any atom is -0.479 e. The van der Waals surface area contributed by atoms with Gasteiger partial charge in [0.05, 0.1) is 13.3 Å². The van der Waals surface area contributed by atoms with Crippen LogP contribution >= 0.6 is 0 Å². The second-order valence-electron chi connectivity index (χ2n) is 4.83. The van der Waals surface area contributed by atoms with Crippen molar-refractivity contribution in [3.05, 3.63) is 36.3 Å². The van der Waals surface area contributed by atoms with Gasteiger partial charge in [-0.25, -0.2) is 14.2 Å². The zero-order valence-electron chi connectivity index (χ0n) is 12.7. The molecule has 9 heteroatoms. The van der Waals surface area contributed by atoms with Gasteiger partial charge in [-0.2, -0.15) is 4.98 Å². The van der Waals surface area contributed by atoms with Crippen LogP contribution in [0.2, 0.25) is 0 Å². The highest BCUT2D eigenvalue weighted by Crippen LogP contribution is 2.30. The molecule has 3 amide bonds. The van der Waals surface area contributed by atoms with Crippen molar-refractivity contribution in [1.29, 1.82) is 0 Å². The summed E-state index contributed by atoms with van der Waals surface area (Å²) >= 11 is 0. The maximum absolute atomic E-state index is 13.6. The number of hydrogen-bond acceptors (Lipinski definition) is 6. The fourth-order valence-corrected chi connectivity index (χ4v) is 2.15. The van der Waals surface area contributed by atoms with Crippen LogP contribution in [-0.2, 0) is 4.79 Å². The van der Waals surface area contributed by atoms with Gasteiger partial charge in [-0.15, -0.1) is 0 Å². The minimum atomic E-state index is -0.587. The Morgan fingerprint density at radius 1 is 1.29 bits per heavy atom. The Morgan fingerprint density at radius 2 is 2.08 bits per heavy atom. The third-order valence-electron chi connectivity index (χ3n) is 3.29. The molecule has 124 valence electrons. The molecule has 24 heavy (non-hydrogen) atoms. The third-order valence-corrected chi connectivity index (χ3v) is 3.29. The van der Waals surface area contributed by atoms with E-state index in [1.807, 2.05) is 0 Å². The predicted octanol–water partition coefficient (Wildman–Crippen LogP) is 1.86. The van der Waals surface area contributed by atoms with E-state index in [0.717, 1.165) is 0 Å². The molecule has 0 spiro atoms. The molecule has 1 N–H and O–H groups in total. The summed E-state index contributed by atoms with van der Waals surface area (Å²) in [4.78, 5) is 32.4. The monoisotopic (exact) mass is 332 g/mol. The summed E-state index contributed by atoms with van der Waals surface area (Å²) < 4.78 is 24.0. The number of amides is 3. The highest BCUT2D eigenvalue weighted by molar-refractivity contribution is 6.06. The molecule has 1 saturated heterocycles. The number of carbonyl (C=O) groups is 2. The zero-order valence-corrected chi connectivity index (χ0v) is 12.7. The number of benzene rings is 1. The van der Waals surface area contributed by atoms with Crippen LogP contribution in [0.5, 0.6) is 17.6 Å². The first kappa shape index (κ1) is 15.7. The van der Waals surface area contributed by atoms with E-state index in [1.165, 1.54) is 36.4 Å². The lowest BCUT2D eigenvalue weighted by Crippen LogP contribution is -2.49. The van der Waals surface area contributed by atoms with Crippen LogP contribution < -0.4 is 19.7 Å². The molecule has 1 aromatic carbocycles. The Labute approximate surface area is 136 Å². The van der Waals surface area contributed by atoms with Crippen molar-refractivity contribution in [3.8, 4) is 17.6 Å². The summed E-state index contributed by atoms with van der Waals surface area (Å²) in [5, 5.41) is 2.20. The van der Waals surface area contributed by atoms with Gasteiger partial charge in [-0.1, -0.05) is 12.1 Å². The molecular weight excluding hydrogens is 319 g/mol. The van der Waals surface area contributed by atoms with Crippen LogP contribution in [0, 0.1) is 5.82 Å². The smallest absolute Gasteiger partial charge is 0.328 e. The lowest BCUT2D eigenvalue weighted by atomic mass is 10.3. The van der Waals surface area contributed by atoms with E-state index < -0.39 is 11.8 Å². The molecule has 1 aliphatic rings. The molecule has 1 aliphatic heterocycles. The van der Waals surface area contributed by atoms with Gasteiger partial charge in [0.1, 0.15) is 5.69 Å². The molecule has 0 bridgehead atoms. The lowest BCUT2D eigenvalue weighted by molar-refractivity contribution is -0.120. The van der Waals surface area contributed by atoms with E-state index in [2.05, 4.69) is 15.3 Å². The maximum atomic E-state index is 13.6. The van der Waals surface area contributed by atoms with Crippen LogP contribution in [-0.4, -0.2) is 35.6 Å². The quantitative estimate of drug-likeness (QED) is 0.918. The first-order valence-electron chi connectivity index (χ1n) is 7.03. The van der Waals surface area contributed by atoms with Crippen LogP contribution in [0.3, 0.4) is 0 Å². The number of urea groups is 1. The number of methoxy groups -OCH3 is 1. The van der Waals surface area contributed by atoms with E-state index >= 15 is 0 Å². The molecule has 0 aliphatic carbocycles. The standard InChI is InChI=1S/C15H13FN4O4/c1-23-13-10(20-7-6-12(21)18-15(20)22)8-17-14(19-13)24-11-5-3-2-4-9(11)16/h2-5,8H,6-7H2,1H3,(H,18,21,22). The number of ether oxygens (including phenoxy) is 2. The number of imide groups is 1. The van der Waals surface area contributed by atoms with Crippen molar-refractivity contribution >= 4 is 17.6 Å². The van der Waals surface area contributed by atoms with Gasteiger partial charge in [0.2, 0.25) is 11.8 Å². The Morgan fingerprint density at radius 3 is 2.79 bits per heavy atom. The minimum absolute atomic E-state index is 0.0337. The highest BCUT2D eigenvalue weighted by atomic mass is 19.1. The normalized spacial score (nSPS) is 14.3. The van der Waals surface area contributed by atoms with Crippen LogP contribution in [0.4, 0.5) is 14.9 Å². The Bertz CT molecular complexity index is 799. The summed E-state index contributed by atoms with van der Waals surface area (Å²) in [5.74, 6) is -0.872. The number of nitrogens with one attached hydrogen (secondary N) is 1. The number of nitrogens with zero attached hydrogens (tertiary/aromatic N) is 3. The predicted molar refractivity (Wildman–Crippen MR) is 80.6 cm³/mol. The zero-order chi connectivity index (χ0) is 17.1. The van der Waals surface area contributed by atoms with E-state index in [9.17, 15) is 14.0 Å². The van der Waals surface area contributed by atoms with Crippen molar-refractivity contribution in [2.24, 2.45) is 0 Å². The fraction of sp³-hybridized carbons (Fsp3) is 0.200. The number of para-hydroxylation sites is 1. The first-order valence-corrected chi connectivity index (χ1v) is 7.03. The topological polar surface area (TPSA) is 93.7 Å². The van der Waals surface area contributed by atoms with E-state index in [4.69, 9.17) is 9.47 Å². The van der Waals surface area contributed by atoms with Crippen molar-refractivity contribution < 1.29 is 23.5 Å². The molecule has 1 aromatic heterocycles. The van der Waals surface area contributed by atoms with Gasteiger partial charge in [-0.05, 0) is 12.1 Å². The van der Waals surface area contributed by atoms with Crippen LogP contribution in [0.1, 0.15) is 6.42 Å². The molecule has 0 saturated carbocycles. The van der Waals surface area contributed by atoms with Gasteiger partial charge in [0.15, 0.2) is 11.6 Å². The summed E-state index contributed by atoms with van der Waals surface area (Å²) in [6.45, 7) is 0.178. The van der Waals surface area contributed by atoms with Crippen molar-refractivity contribution in [2.75, 3.05) is 18.6 Å². The van der Waals surface area contributed by atoms with E-state index in [-0.39, 0.29) is 42.2 Å². The van der Waals surface area contributed by atoms with Crippen LogP contribution in [0.25, 0.3) is 0 Å². The molecular formula is C15H13FN4O4. The Kier molecular flexibility index (Phi) is 4.23. The summed E-state index contributed by atoms with van der Waals surface area (Å²) in [7, 11) is 1.37.